The minimum Gasteiger partial charge on any atom is -0.508 e. The molecule has 3 rings (SSSR count). The molecule has 0 amide bonds. The smallest absolute Gasteiger partial charge is 0.115 e. The van der Waals surface area contributed by atoms with Gasteiger partial charge in [0.1, 0.15) is 5.75 Å². The molecule has 0 saturated carbocycles. The number of nitrogens with zero attached hydrogens (tertiary/aromatic N) is 1. The molecule has 0 aliphatic carbocycles. The van der Waals surface area contributed by atoms with Crippen molar-refractivity contribution < 1.29 is 9.84 Å². The van der Waals surface area contributed by atoms with E-state index in [-0.39, 0.29) is 0 Å². The Labute approximate surface area is 95.6 Å². The van der Waals surface area contributed by atoms with Gasteiger partial charge in [-0.25, -0.2) is 0 Å². The van der Waals surface area contributed by atoms with Crippen LogP contribution in [0.5, 0.6) is 5.75 Å². The van der Waals surface area contributed by atoms with Crippen molar-refractivity contribution in [1.29, 1.82) is 0 Å². The van der Waals surface area contributed by atoms with Crippen molar-refractivity contribution in [2.24, 2.45) is 0 Å². The lowest BCUT2D eigenvalue weighted by Crippen LogP contribution is -2.38. The number of phenolic OH excluding ortho intramolecular Hbond substituents is 1. The van der Waals surface area contributed by atoms with Gasteiger partial charge in [-0.2, -0.15) is 0 Å². The fraction of sp³-hybridized carbons (Fsp3) is 0.538. The molecule has 3 nitrogen and oxygen atoms in total. The molecule has 1 N–H and O–H groups in total. The van der Waals surface area contributed by atoms with Crippen LogP contribution in [0, 0.1) is 0 Å². The lowest BCUT2D eigenvalue weighted by atomic mass is 10.1. The first-order chi connectivity index (χ1) is 7.81. The van der Waals surface area contributed by atoms with Gasteiger partial charge in [0.05, 0.1) is 12.7 Å². The minimum absolute atomic E-state index is 0.365. The number of ether oxygens (including phenoxy) is 1. The number of hydrogen-bond acceptors (Lipinski definition) is 3. The molecular formula is C13H17NO2. The molecule has 2 aliphatic rings. The zero-order valence-corrected chi connectivity index (χ0v) is 9.30. The number of benzene rings is 1. The summed E-state index contributed by atoms with van der Waals surface area (Å²) in [5, 5.41) is 9.38. The quantitative estimate of drug-likeness (QED) is 0.834. The molecule has 0 radical (unpaired) electrons. The lowest BCUT2D eigenvalue weighted by molar-refractivity contribution is 0.0311. The molecule has 1 aromatic carbocycles. The molecule has 86 valence electrons. The second kappa shape index (κ2) is 4.07. The number of aromatic hydroxyl groups is 1. The van der Waals surface area contributed by atoms with Crippen molar-refractivity contribution >= 4 is 0 Å². The van der Waals surface area contributed by atoms with Crippen molar-refractivity contribution in [3.8, 4) is 5.75 Å². The second-order valence-electron chi connectivity index (χ2n) is 4.76. The third kappa shape index (κ3) is 1.93. The fourth-order valence-corrected chi connectivity index (χ4v) is 2.74. The maximum absolute atomic E-state index is 9.38. The predicted octanol–water partition coefficient (Wildman–Crippen LogP) is 1.41. The third-order valence-corrected chi connectivity index (χ3v) is 3.61. The van der Waals surface area contributed by atoms with Crippen LogP contribution in [0.2, 0.25) is 0 Å². The molecule has 2 bridgehead atoms. The van der Waals surface area contributed by atoms with E-state index in [9.17, 15) is 5.11 Å². The lowest BCUT2D eigenvalue weighted by Gasteiger charge is -2.26. The summed E-state index contributed by atoms with van der Waals surface area (Å²) in [4.78, 5) is 2.51. The monoisotopic (exact) mass is 219 g/mol. The van der Waals surface area contributed by atoms with Gasteiger partial charge in [0.2, 0.25) is 0 Å². The van der Waals surface area contributed by atoms with Crippen LogP contribution in [0.15, 0.2) is 24.3 Å². The Morgan fingerprint density at radius 2 is 2.38 bits per heavy atom. The van der Waals surface area contributed by atoms with E-state index in [0.717, 1.165) is 26.1 Å². The molecule has 2 heterocycles. The summed E-state index contributed by atoms with van der Waals surface area (Å²) in [5.41, 5.74) is 1.21. The van der Waals surface area contributed by atoms with Crippen LogP contribution in [0.1, 0.15) is 12.0 Å². The fourth-order valence-electron chi connectivity index (χ4n) is 2.74. The second-order valence-corrected chi connectivity index (χ2v) is 4.76. The van der Waals surface area contributed by atoms with Gasteiger partial charge < -0.3 is 9.84 Å². The van der Waals surface area contributed by atoms with Gasteiger partial charge in [0, 0.05) is 19.1 Å². The molecular weight excluding hydrogens is 202 g/mol. The number of phenols is 1. The van der Waals surface area contributed by atoms with Gasteiger partial charge in [-0.3, -0.25) is 4.90 Å². The molecule has 1 aromatic rings. The first-order valence-corrected chi connectivity index (χ1v) is 5.95. The van der Waals surface area contributed by atoms with Gasteiger partial charge in [-0.05, 0) is 30.5 Å². The van der Waals surface area contributed by atoms with Gasteiger partial charge in [-0.1, -0.05) is 12.1 Å². The average molecular weight is 219 g/mol. The Morgan fingerprint density at radius 1 is 1.44 bits per heavy atom. The maximum atomic E-state index is 9.38. The summed E-state index contributed by atoms with van der Waals surface area (Å²) in [6, 6.07) is 8.19. The van der Waals surface area contributed by atoms with Gasteiger partial charge in [0.15, 0.2) is 0 Å². The van der Waals surface area contributed by atoms with E-state index in [1.807, 2.05) is 12.1 Å². The molecule has 16 heavy (non-hydrogen) atoms. The summed E-state index contributed by atoms with van der Waals surface area (Å²) in [5.74, 6) is 0.365. The number of hydrogen-bond donors (Lipinski definition) is 1. The van der Waals surface area contributed by atoms with Gasteiger partial charge in [0.25, 0.3) is 0 Å². The van der Waals surface area contributed by atoms with Crippen LogP contribution in [0.4, 0.5) is 0 Å². The number of morpholine rings is 1. The molecule has 3 heteroatoms. The highest BCUT2D eigenvalue weighted by molar-refractivity contribution is 5.27. The Morgan fingerprint density at radius 3 is 3.06 bits per heavy atom. The van der Waals surface area contributed by atoms with Crippen LogP contribution < -0.4 is 0 Å². The summed E-state index contributed by atoms with van der Waals surface area (Å²) in [6.45, 7) is 3.07. The summed E-state index contributed by atoms with van der Waals surface area (Å²) >= 11 is 0. The zero-order valence-electron chi connectivity index (χ0n) is 9.30. The topological polar surface area (TPSA) is 32.7 Å². The van der Waals surface area contributed by atoms with Crippen molar-refractivity contribution in [3.63, 3.8) is 0 Å². The average Bonchev–Trinajstić information content (AvgIpc) is 2.88. The highest BCUT2D eigenvalue weighted by atomic mass is 16.5. The molecule has 2 saturated heterocycles. The summed E-state index contributed by atoms with van der Waals surface area (Å²) in [6.07, 6.45) is 2.70. The first-order valence-electron chi connectivity index (χ1n) is 5.95. The Balaban J connectivity index is 1.57. The highest BCUT2D eigenvalue weighted by Crippen LogP contribution is 2.27. The molecule has 2 aliphatic heterocycles. The van der Waals surface area contributed by atoms with Crippen molar-refractivity contribution in [3.05, 3.63) is 29.8 Å². The molecule has 2 unspecified atom stereocenters. The number of rotatable bonds is 3. The van der Waals surface area contributed by atoms with Crippen molar-refractivity contribution in [1.82, 2.24) is 4.90 Å². The van der Waals surface area contributed by atoms with Gasteiger partial charge in [-0.15, -0.1) is 0 Å². The molecule has 2 atom stereocenters. The number of fused-ring (bicyclic) bond motifs is 2. The van der Waals surface area contributed by atoms with Crippen LogP contribution in [-0.4, -0.2) is 41.8 Å². The third-order valence-electron chi connectivity index (χ3n) is 3.61. The Kier molecular flexibility index (Phi) is 2.58. The predicted molar refractivity (Wildman–Crippen MR) is 61.5 cm³/mol. The summed E-state index contributed by atoms with van der Waals surface area (Å²) < 4.78 is 5.57. The SMILES string of the molecule is Oc1cccc(CCN2CC3CC2CO3)c1. The molecule has 0 aromatic heterocycles. The van der Waals surface area contributed by atoms with Crippen LogP contribution >= 0.6 is 0 Å². The number of likely N-dealkylation sites (tertiary alicyclic amines) is 1. The first kappa shape index (κ1) is 10.1. The van der Waals surface area contributed by atoms with E-state index in [1.165, 1.54) is 12.0 Å². The van der Waals surface area contributed by atoms with Crippen LogP contribution in [0.3, 0.4) is 0 Å². The normalized spacial score (nSPS) is 28.8. The van der Waals surface area contributed by atoms with Gasteiger partial charge >= 0.3 is 0 Å². The Bertz CT molecular complexity index is 380. The maximum Gasteiger partial charge on any atom is 0.115 e. The van der Waals surface area contributed by atoms with E-state index in [2.05, 4.69) is 11.0 Å². The van der Waals surface area contributed by atoms with Crippen molar-refractivity contribution in [2.75, 3.05) is 19.7 Å². The van der Waals surface area contributed by atoms with E-state index < -0.39 is 0 Å². The van der Waals surface area contributed by atoms with Crippen LogP contribution in [-0.2, 0) is 11.2 Å². The zero-order chi connectivity index (χ0) is 11.0. The van der Waals surface area contributed by atoms with E-state index in [1.54, 1.807) is 6.07 Å². The highest BCUT2D eigenvalue weighted by Gasteiger charge is 2.38. The summed E-state index contributed by atoms with van der Waals surface area (Å²) in [7, 11) is 0. The van der Waals surface area contributed by atoms with E-state index >= 15 is 0 Å². The minimum atomic E-state index is 0.365. The largest absolute Gasteiger partial charge is 0.508 e. The van der Waals surface area contributed by atoms with E-state index in [4.69, 9.17) is 4.74 Å². The molecule has 0 spiro atoms. The van der Waals surface area contributed by atoms with Crippen molar-refractivity contribution in [2.45, 2.75) is 25.0 Å². The van der Waals surface area contributed by atoms with E-state index in [0.29, 0.717) is 17.9 Å². The Hall–Kier alpha value is -1.06. The standard InChI is InChI=1S/C13H17NO2/c15-12-3-1-2-10(6-12)4-5-14-8-13-7-11(14)9-16-13/h1-3,6,11,13,15H,4-5,7-9H2. The molecule has 2 fully saturated rings. The van der Waals surface area contributed by atoms with Crippen LogP contribution in [0.25, 0.3) is 0 Å².